The third kappa shape index (κ3) is 1.54. The summed E-state index contributed by atoms with van der Waals surface area (Å²) in [6.07, 6.45) is 0. The maximum absolute atomic E-state index is 12.7. The second kappa shape index (κ2) is 3.52. The fourth-order valence-electron chi connectivity index (χ4n) is 0.907. The van der Waals surface area contributed by atoms with Crippen LogP contribution in [-0.4, -0.2) is 14.4 Å². The molecule has 0 saturated carbocycles. The highest BCUT2D eigenvalue weighted by atomic mass is 19.2. The van der Waals surface area contributed by atoms with Gasteiger partial charge < -0.3 is 4.74 Å². The van der Waals surface area contributed by atoms with Crippen LogP contribution in [0.3, 0.4) is 0 Å². The predicted molar refractivity (Wildman–Crippen MR) is 40.6 cm³/mol. The van der Waals surface area contributed by atoms with Crippen molar-refractivity contribution < 1.29 is 17.8 Å². The lowest BCUT2D eigenvalue weighted by Crippen LogP contribution is -2.26. The van der Waals surface area contributed by atoms with E-state index in [0.29, 0.717) is 0 Å². The van der Waals surface area contributed by atoms with Gasteiger partial charge in [-0.3, -0.25) is 8.63 Å². The molecule has 64 valence electrons. The summed E-state index contributed by atoms with van der Waals surface area (Å²) in [4.78, 5) is 0. The first kappa shape index (κ1) is 8.97. The number of hydrogen-bond donors (Lipinski definition) is 0. The van der Waals surface area contributed by atoms with Crippen molar-refractivity contribution in [3.05, 3.63) is 24.0 Å². The Balaban J connectivity index is 3.20. The zero-order valence-electron chi connectivity index (χ0n) is 6.35. The summed E-state index contributed by atoms with van der Waals surface area (Å²) in [6.45, 7) is 0. The van der Waals surface area contributed by atoms with E-state index in [4.69, 9.17) is 0 Å². The van der Waals surface area contributed by atoms with Gasteiger partial charge in [0.15, 0.2) is 0 Å². The largest absolute Gasteiger partial charge is 0.578 e. The van der Waals surface area contributed by atoms with E-state index < -0.39 is 18.5 Å². The van der Waals surface area contributed by atoms with Crippen LogP contribution in [-0.2, 0) is 0 Å². The SMILES string of the molecule is COc1cccc(F)c1B(F)F. The van der Waals surface area contributed by atoms with Crippen LogP contribution in [0.25, 0.3) is 0 Å². The summed E-state index contributed by atoms with van der Waals surface area (Å²) in [5.74, 6) is -1.06. The molecule has 0 atom stereocenters. The van der Waals surface area contributed by atoms with Crippen molar-refractivity contribution in [2.45, 2.75) is 0 Å². The standard InChI is InChI=1S/C7H6BF3O/c1-12-6-4-2-3-5(9)7(6)8(10)11/h2-4H,1H3. The first-order chi connectivity index (χ1) is 5.66. The van der Waals surface area contributed by atoms with Crippen LogP contribution >= 0.6 is 0 Å². The Morgan fingerprint density at radius 2 is 2.00 bits per heavy atom. The molecule has 1 aromatic carbocycles. The maximum Gasteiger partial charge on any atom is 0.578 e. The van der Waals surface area contributed by atoms with Gasteiger partial charge in [-0.05, 0) is 12.1 Å². The smallest absolute Gasteiger partial charge is 0.497 e. The van der Waals surface area contributed by atoms with E-state index in [1.807, 2.05) is 0 Å². The highest BCUT2D eigenvalue weighted by Gasteiger charge is 2.25. The molecule has 5 heteroatoms. The van der Waals surface area contributed by atoms with Crippen LogP contribution in [0.5, 0.6) is 5.75 Å². The molecular weight excluding hydrogens is 168 g/mol. The van der Waals surface area contributed by atoms with Gasteiger partial charge in [-0.1, -0.05) is 6.07 Å². The van der Waals surface area contributed by atoms with Gasteiger partial charge >= 0.3 is 7.27 Å². The molecule has 0 aliphatic rings. The summed E-state index contributed by atoms with van der Waals surface area (Å²) in [5.41, 5.74) is -0.681. The minimum Gasteiger partial charge on any atom is -0.497 e. The number of rotatable bonds is 2. The molecule has 1 aromatic rings. The average molecular weight is 174 g/mol. The van der Waals surface area contributed by atoms with Gasteiger partial charge in [0.1, 0.15) is 11.6 Å². The van der Waals surface area contributed by atoms with Gasteiger partial charge in [-0.15, -0.1) is 0 Å². The molecule has 0 aromatic heterocycles. The van der Waals surface area contributed by atoms with E-state index in [1.165, 1.54) is 19.2 Å². The Morgan fingerprint density at radius 1 is 1.33 bits per heavy atom. The summed E-state index contributed by atoms with van der Waals surface area (Å²) in [5, 5.41) is 0. The normalized spacial score (nSPS) is 9.67. The molecule has 0 aliphatic carbocycles. The molecule has 0 N–H and O–H groups in total. The zero-order valence-corrected chi connectivity index (χ0v) is 6.35. The Hall–Kier alpha value is -1.13. The van der Waals surface area contributed by atoms with Gasteiger partial charge in [-0.25, -0.2) is 4.39 Å². The Morgan fingerprint density at radius 3 is 2.42 bits per heavy atom. The van der Waals surface area contributed by atoms with Crippen molar-refractivity contribution >= 4 is 12.7 Å². The van der Waals surface area contributed by atoms with Gasteiger partial charge in [0, 0.05) is 0 Å². The van der Waals surface area contributed by atoms with Crippen LogP contribution in [0.15, 0.2) is 18.2 Å². The first-order valence-corrected chi connectivity index (χ1v) is 3.27. The van der Waals surface area contributed by atoms with Crippen LogP contribution in [0.2, 0.25) is 0 Å². The quantitative estimate of drug-likeness (QED) is 0.616. The maximum atomic E-state index is 12.7. The van der Waals surface area contributed by atoms with E-state index >= 15 is 0 Å². The lowest BCUT2D eigenvalue weighted by Gasteiger charge is -2.05. The molecule has 0 radical (unpaired) electrons. The molecule has 12 heavy (non-hydrogen) atoms. The molecule has 0 bridgehead atoms. The molecule has 0 aliphatic heterocycles. The third-order valence-electron chi connectivity index (χ3n) is 1.45. The Labute approximate surface area is 68.3 Å². The molecule has 0 unspecified atom stereocenters. The lowest BCUT2D eigenvalue weighted by atomic mass is 9.84. The van der Waals surface area contributed by atoms with Crippen molar-refractivity contribution in [1.29, 1.82) is 0 Å². The van der Waals surface area contributed by atoms with E-state index in [0.717, 1.165) is 6.07 Å². The van der Waals surface area contributed by atoms with E-state index in [-0.39, 0.29) is 5.75 Å². The molecule has 0 saturated heterocycles. The highest BCUT2D eigenvalue weighted by molar-refractivity contribution is 6.61. The summed E-state index contributed by atoms with van der Waals surface area (Å²) in [7, 11) is -1.62. The number of halogens is 3. The van der Waals surface area contributed by atoms with E-state index in [9.17, 15) is 13.0 Å². The van der Waals surface area contributed by atoms with Crippen LogP contribution < -0.4 is 10.2 Å². The summed E-state index contributed by atoms with van der Waals surface area (Å²) in [6, 6.07) is 3.59. The Kier molecular flexibility index (Phi) is 2.63. The molecule has 0 heterocycles. The topological polar surface area (TPSA) is 9.23 Å². The van der Waals surface area contributed by atoms with Gasteiger partial charge in [-0.2, -0.15) is 0 Å². The third-order valence-corrected chi connectivity index (χ3v) is 1.45. The molecule has 1 nitrogen and oxygen atoms in total. The van der Waals surface area contributed by atoms with Gasteiger partial charge in [0.2, 0.25) is 0 Å². The highest BCUT2D eigenvalue weighted by Crippen LogP contribution is 2.11. The fraction of sp³-hybridized carbons (Fsp3) is 0.143. The van der Waals surface area contributed by atoms with E-state index in [2.05, 4.69) is 4.74 Å². The fourth-order valence-corrected chi connectivity index (χ4v) is 0.907. The van der Waals surface area contributed by atoms with Crippen LogP contribution in [0, 0.1) is 5.82 Å². The first-order valence-electron chi connectivity index (χ1n) is 3.27. The average Bonchev–Trinajstić information content (AvgIpc) is 2.03. The van der Waals surface area contributed by atoms with Crippen LogP contribution in [0.1, 0.15) is 0 Å². The minimum atomic E-state index is -2.85. The van der Waals surface area contributed by atoms with Gasteiger partial charge in [0.05, 0.1) is 12.6 Å². The number of methoxy groups -OCH3 is 1. The molecular formula is C7H6BF3O. The Bertz CT molecular complexity index is 277. The summed E-state index contributed by atoms with van der Waals surface area (Å²) >= 11 is 0. The number of hydrogen-bond acceptors (Lipinski definition) is 1. The number of ether oxygens (including phenoxy) is 1. The van der Waals surface area contributed by atoms with Crippen molar-refractivity contribution in [2.75, 3.05) is 7.11 Å². The zero-order chi connectivity index (χ0) is 9.14. The second-order valence-corrected chi connectivity index (χ2v) is 2.16. The van der Waals surface area contributed by atoms with Gasteiger partial charge in [0.25, 0.3) is 0 Å². The monoisotopic (exact) mass is 174 g/mol. The van der Waals surface area contributed by atoms with Crippen LogP contribution in [0.4, 0.5) is 13.0 Å². The molecule has 0 spiro atoms. The molecule has 1 rings (SSSR count). The lowest BCUT2D eigenvalue weighted by molar-refractivity contribution is 0.414. The minimum absolute atomic E-state index is 0.120. The van der Waals surface area contributed by atoms with Crippen molar-refractivity contribution in [3.63, 3.8) is 0 Å². The number of benzene rings is 1. The summed E-state index contributed by atoms with van der Waals surface area (Å²) < 4.78 is 41.6. The molecule has 0 amide bonds. The predicted octanol–water partition coefficient (Wildman–Crippen LogP) is 1.47. The molecule has 0 fully saturated rings. The van der Waals surface area contributed by atoms with Crippen molar-refractivity contribution in [1.82, 2.24) is 0 Å². The van der Waals surface area contributed by atoms with Crippen molar-refractivity contribution in [3.8, 4) is 5.75 Å². The van der Waals surface area contributed by atoms with E-state index in [1.54, 1.807) is 0 Å². The second-order valence-electron chi connectivity index (χ2n) is 2.16. The van der Waals surface area contributed by atoms with Crippen molar-refractivity contribution in [2.24, 2.45) is 0 Å².